The number of amides is 1. The average Bonchev–Trinajstić information content (AvgIpc) is 3.60. The Morgan fingerprint density at radius 2 is 1.80 bits per heavy atom. The molecule has 3 heterocycles. The Morgan fingerprint density at radius 3 is 2.51 bits per heavy atom. The van der Waals surface area contributed by atoms with Gasteiger partial charge in [0.2, 0.25) is 5.91 Å². The van der Waals surface area contributed by atoms with Crippen molar-refractivity contribution in [3.8, 4) is 22.6 Å². The molecule has 2 fully saturated rings. The van der Waals surface area contributed by atoms with E-state index in [1.807, 2.05) is 48.5 Å². The van der Waals surface area contributed by atoms with Gasteiger partial charge in [0.05, 0.1) is 11.4 Å². The summed E-state index contributed by atoms with van der Waals surface area (Å²) in [5.74, 6) is 0.338. The molecule has 4 aromatic rings. The molecule has 2 aliphatic rings. The minimum Gasteiger partial charge on any atom is -0.477 e. The highest BCUT2D eigenvalue weighted by Gasteiger charge is 2.34. The number of para-hydroxylation sites is 1. The minimum absolute atomic E-state index is 0.0739. The molecule has 1 unspecified atom stereocenters. The number of hydrogen-bond acceptors (Lipinski definition) is 7. The summed E-state index contributed by atoms with van der Waals surface area (Å²) < 4.78 is 7.64. The van der Waals surface area contributed by atoms with Crippen LogP contribution in [0.5, 0.6) is 11.5 Å². The van der Waals surface area contributed by atoms with Gasteiger partial charge in [0.15, 0.2) is 0 Å². The first-order valence-electron chi connectivity index (χ1n) is 13.8. The summed E-state index contributed by atoms with van der Waals surface area (Å²) in [6, 6.07) is 17.0. The zero-order valence-corrected chi connectivity index (χ0v) is 22.8. The summed E-state index contributed by atoms with van der Waals surface area (Å²) in [6.45, 7) is 1.62. The zero-order chi connectivity index (χ0) is 28.5. The molecule has 0 bridgehead atoms. The van der Waals surface area contributed by atoms with Gasteiger partial charge in [0, 0.05) is 37.3 Å². The molecule has 210 valence electrons. The highest BCUT2D eigenvalue weighted by Crippen LogP contribution is 2.41. The second-order valence-electron chi connectivity index (χ2n) is 10.6. The van der Waals surface area contributed by atoms with Crippen LogP contribution in [-0.2, 0) is 4.79 Å². The number of carboxylic acids is 1. The Morgan fingerprint density at radius 1 is 1.07 bits per heavy atom. The first-order chi connectivity index (χ1) is 19.9. The maximum atomic E-state index is 13.0. The van der Waals surface area contributed by atoms with E-state index in [9.17, 15) is 14.7 Å². The third-order valence-corrected chi connectivity index (χ3v) is 7.80. The van der Waals surface area contributed by atoms with Crippen LogP contribution in [-0.4, -0.2) is 74.0 Å². The Kier molecular flexibility index (Phi) is 7.15. The maximum absolute atomic E-state index is 13.0. The third kappa shape index (κ3) is 5.38. The van der Waals surface area contributed by atoms with Gasteiger partial charge in [-0.05, 0) is 56.1 Å². The third-order valence-electron chi connectivity index (χ3n) is 7.80. The van der Waals surface area contributed by atoms with Gasteiger partial charge in [0.1, 0.15) is 35.0 Å². The van der Waals surface area contributed by atoms with Crippen LogP contribution in [0.15, 0.2) is 73.1 Å². The van der Waals surface area contributed by atoms with Crippen molar-refractivity contribution in [3.05, 3.63) is 78.8 Å². The van der Waals surface area contributed by atoms with Crippen molar-refractivity contribution in [1.82, 2.24) is 24.3 Å². The fourth-order valence-corrected chi connectivity index (χ4v) is 5.56. The second kappa shape index (κ2) is 11.1. The Bertz CT molecular complexity index is 1610. The molecule has 0 spiro atoms. The number of aromatic carboxylic acids is 1. The molecule has 1 atom stereocenters. The number of likely N-dealkylation sites (N-methyl/N-ethyl adjacent to an activating group) is 1. The highest BCUT2D eigenvalue weighted by molar-refractivity contribution is 6.10. The number of likely N-dealkylation sites (tertiary alicyclic amines) is 1. The Balaban J connectivity index is 1.31. The zero-order valence-electron chi connectivity index (χ0n) is 22.8. The largest absolute Gasteiger partial charge is 0.477 e. The first-order valence-corrected chi connectivity index (χ1v) is 13.8. The van der Waals surface area contributed by atoms with E-state index >= 15 is 0 Å². The van der Waals surface area contributed by atoms with Gasteiger partial charge in [-0.15, -0.1) is 0 Å². The molecule has 10 nitrogen and oxygen atoms in total. The molecule has 10 heteroatoms. The molecule has 1 saturated heterocycles. The smallest absolute Gasteiger partial charge is 0.353 e. The molecule has 1 saturated carbocycles. The Labute approximate surface area is 237 Å². The molecule has 2 aromatic heterocycles. The van der Waals surface area contributed by atoms with Crippen LogP contribution in [0.4, 0.5) is 5.82 Å². The number of ether oxygens (including phenoxy) is 1. The monoisotopic (exact) mass is 552 g/mol. The molecule has 1 aliphatic carbocycles. The predicted octanol–water partition coefficient (Wildman–Crippen LogP) is 4.59. The van der Waals surface area contributed by atoms with E-state index < -0.39 is 5.97 Å². The van der Waals surface area contributed by atoms with Gasteiger partial charge in [-0.2, -0.15) is 0 Å². The van der Waals surface area contributed by atoms with Crippen LogP contribution in [0.3, 0.4) is 0 Å². The number of carbonyl (C=O) groups is 2. The fraction of sp³-hybridized carbons (Fsp3) is 0.290. The van der Waals surface area contributed by atoms with Gasteiger partial charge in [-0.3, -0.25) is 9.69 Å². The van der Waals surface area contributed by atoms with Crippen molar-refractivity contribution < 1.29 is 19.4 Å². The van der Waals surface area contributed by atoms with Gasteiger partial charge in [-0.25, -0.2) is 14.8 Å². The number of nitrogen functional groups attached to an aromatic ring is 1. The molecule has 0 radical (unpaired) electrons. The number of hydrogen-bond donors (Lipinski definition) is 2. The summed E-state index contributed by atoms with van der Waals surface area (Å²) in [5, 5.41) is 11.0. The van der Waals surface area contributed by atoms with Crippen molar-refractivity contribution in [2.45, 2.75) is 31.3 Å². The normalized spacial score (nSPS) is 17.1. The van der Waals surface area contributed by atoms with Crippen molar-refractivity contribution in [2.75, 3.05) is 32.4 Å². The molecule has 1 amide bonds. The number of anilines is 1. The van der Waals surface area contributed by atoms with E-state index in [1.165, 1.54) is 19.2 Å². The summed E-state index contributed by atoms with van der Waals surface area (Å²) in [6.07, 6.45) is 7.89. The number of nitrogens with zero attached hydrogens (tertiary/aromatic N) is 5. The molecule has 41 heavy (non-hydrogen) atoms. The van der Waals surface area contributed by atoms with E-state index in [0.717, 1.165) is 6.54 Å². The quantitative estimate of drug-likeness (QED) is 0.289. The number of rotatable bonds is 9. The van der Waals surface area contributed by atoms with E-state index in [0.29, 0.717) is 59.2 Å². The number of carboxylic acid groups (broad SMARTS) is 1. The van der Waals surface area contributed by atoms with Gasteiger partial charge in [0.25, 0.3) is 0 Å². The van der Waals surface area contributed by atoms with Crippen molar-refractivity contribution in [1.29, 1.82) is 0 Å². The summed E-state index contributed by atoms with van der Waals surface area (Å²) >= 11 is 0. The van der Waals surface area contributed by atoms with Gasteiger partial charge in [-0.1, -0.05) is 36.4 Å². The molecule has 3 N–H and O–H groups in total. The molecule has 2 aromatic carbocycles. The molecular weight excluding hydrogens is 520 g/mol. The number of benzene rings is 2. The lowest BCUT2D eigenvalue weighted by molar-refractivity contribution is -0.125. The SMILES string of the molecule is CN(C/C=C/C(=O)N1CCC(n2c(C(=O)O)c(-c3ccc(Oc4ccccc4)cc3)c3c(N)ncnc32)C1)C1CC1. The summed E-state index contributed by atoms with van der Waals surface area (Å²) in [5.41, 5.74) is 7.95. The predicted molar refractivity (Wildman–Crippen MR) is 156 cm³/mol. The van der Waals surface area contributed by atoms with Crippen molar-refractivity contribution >= 4 is 28.7 Å². The first kappa shape index (κ1) is 26.5. The van der Waals surface area contributed by atoms with Gasteiger partial charge >= 0.3 is 5.97 Å². The number of nitrogens with two attached hydrogens (primary N) is 1. The topological polar surface area (TPSA) is 127 Å². The molecule has 6 rings (SSSR count). The second-order valence-corrected chi connectivity index (χ2v) is 10.6. The number of carbonyl (C=O) groups excluding carboxylic acids is 1. The van der Waals surface area contributed by atoms with E-state index in [1.54, 1.807) is 27.7 Å². The van der Waals surface area contributed by atoms with Crippen LogP contribution in [0.1, 0.15) is 35.8 Å². The summed E-state index contributed by atoms with van der Waals surface area (Å²) in [7, 11) is 2.07. The lowest BCUT2D eigenvalue weighted by atomic mass is 10.0. The van der Waals surface area contributed by atoms with Crippen LogP contribution in [0, 0.1) is 0 Å². The van der Waals surface area contributed by atoms with Crippen molar-refractivity contribution in [3.63, 3.8) is 0 Å². The van der Waals surface area contributed by atoms with Crippen LogP contribution < -0.4 is 10.5 Å². The fourth-order valence-electron chi connectivity index (χ4n) is 5.56. The van der Waals surface area contributed by atoms with E-state index in [2.05, 4.69) is 21.9 Å². The minimum atomic E-state index is -1.10. The van der Waals surface area contributed by atoms with E-state index in [4.69, 9.17) is 10.5 Å². The molecular formula is C31H32N6O4. The maximum Gasteiger partial charge on any atom is 0.353 e. The standard InChI is InChI=1S/C31H32N6O4/c1-35(21-11-12-21)16-5-8-25(38)36-17-15-22(18-36)37-28(31(39)40)26(27-29(32)33-19-34-30(27)37)20-9-13-24(14-10-20)41-23-6-3-2-4-7-23/h2-10,13-14,19,21-22H,11-12,15-18H2,1H3,(H,39,40)(H2,32,33,34)/b8-5+. The highest BCUT2D eigenvalue weighted by atomic mass is 16.5. The van der Waals surface area contributed by atoms with Gasteiger partial charge < -0.3 is 25.0 Å². The number of aromatic nitrogens is 3. The average molecular weight is 553 g/mol. The van der Waals surface area contributed by atoms with Crippen LogP contribution in [0.2, 0.25) is 0 Å². The lowest BCUT2D eigenvalue weighted by Crippen LogP contribution is -2.28. The van der Waals surface area contributed by atoms with Crippen LogP contribution in [0.25, 0.3) is 22.2 Å². The number of fused-ring (bicyclic) bond motifs is 1. The van der Waals surface area contributed by atoms with Crippen molar-refractivity contribution in [2.24, 2.45) is 0 Å². The Hall–Kier alpha value is -4.70. The van der Waals surface area contributed by atoms with E-state index in [-0.39, 0.29) is 23.5 Å². The van der Waals surface area contributed by atoms with Crippen LogP contribution >= 0.6 is 0 Å². The summed E-state index contributed by atoms with van der Waals surface area (Å²) in [4.78, 5) is 38.4. The lowest BCUT2D eigenvalue weighted by Gasteiger charge is -2.18. The molecule has 1 aliphatic heterocycles.